The van der Waals surface area contributed by atoms with Gasteiger partial charge in [-0.05, 0) is 60.2 Å². The van der Waals surface area contributed by atoms with Crippen LogP contribution in [0, 0.1) is 5.82 Å². The summed E-state index contributed by atoms with van der Waals surface area (Å²) in [5, 5.41) is 0.530. The summed E-state index contributed by atoms with van der Waals surface area (Å²) < 4.78 is 24.1. The van der Waals surface area contributed by atoms with E-state index in [-0.39, 0.29) is 18.2 Å². The van der Waals surface area contributed by atoms with E-state index in [0.717, 1.165) is 11.1 Å². The molecule has 5 heteroatoms. The molecule has 0 radical (unpaired) electrons. The summed E-state index contributed by atoms with van der Waals surface area (Å²) in [6, 6.07) is 18.2. The summed E-state index contributed by atoms with van der Waals surface area (Å²) in [7, 11) is 1.59. The third kappa shape index (κ3) is 4.99. The van der Waals surface area contributed by atoms with Gasteiger partial charge in [-0.3, -0.25) is 4.79 Å². The maximum Gasteiger partial charge on any atom is 0.185 e. The van der Waals surface area contributed by atoms with Gasteiger partial charge in [0.05, 0.1) is 12.1 Å². The van der Waals surface area contributed by atoms with Crippen LogP contribution in [0.15, 0.2) is 72.8 Å². The van der Waals surface area contributed by atoms with Crippen LogP contribution in [0.4, 0.5) is 4.39 Å². The van der Waals surface area contributed by atoms with Gasteiger partial charge in [0.1, 0.15) is 23.9 Å². The van der Waals surface area contributed by atoms with Crippen LogP contribution in [-0.2, 0) is 6.61 Å². The van der Waals surface area contributed by atoms with Crippen molar-refractivity contribution in [1.82, 2.24) is 0 Å². The van der Waals surface area contributed by atoms with E-state index >= 15 is 0 Å². The standard InChI is InChI=1S/C23H18ClFO3/c1-27-22-13-7-16(6-12-21(26)17-8-10-19(25)11-9-17)14-18(22)15-28-23-5-3-2-4-20(23)24/h2-14H,15H2,1H3/b12-6+. The molecular formula is C23H18ClFO3. The van der Waals surface area contributed by atoms with E-state index in [0.29, 0.717) is 22.1 Å². The first-order valence-corrected chi connectivity index (χ1v) is 8.97. The average Bonchev–Trinajstić information content (AvgIpc) is 2.72. The molecule has 0 aliphatic heterocycles. The predicted octanol–water partition coefficient (Wildman–Crippen LogP) is 5.96. The maximum atomic E-state index is 13.0. The number of hydrogen-bond donors (Lipinski definition) is 0. The number of methoxy groups -OCH3 is 1. The zero-order chi connectivity index (χ0) is 19.9. The molecule has 142 valence electrons. The fraction of sp³-hybridized carbons (Fsp3) is 0.0870. The average molecular weight is 397 g/mol. The molecule has 0 spiro atoms. The SMILES string of the molecule is COc1ccc(/C=C/C(=O)c2ccc(F)cc2)cc1COc1ccccc1Cl. The molecular weight excluding hydrogens is 379 g/mol. The quantitative estimate of drug-likeness (QED) is 0.365. The van der Waals surface area contributed by atoms with Crippen molar-refractivity contribution >= 4 is 23.5 Å². The summed E-state index contributed by atoms with van der Waals surface area (Å²) in [5.74, 6) is 0.677. The lowest BCUT2D eigenvalue weighted by molar-refractivity contribution is 0.104. The molecule has 0 N–H and O–H groups in total. The van der Waals surface area contributed by atoms with Gasteiger partial charge >= 0.3 is 0 Å². The molecule has 28 heavy (non-hydrogen) atoms. The number of ketones is 1. The van der Waals surface area contributed by atoms with Gasteiger partial charge in [-0.2, -0.15) is 0 Å². The van der Waals surface area contributed by atoms with Crippen molar-refractivity contribution in [3.63, 3.8) is 0 Å². The molecule has 0 aromatic heterocycles. The fourth-order valence-corrected chi connectivity index (χ4v) is 2.80. The van der Waals surface area contributed by atoms with Gasteiger partial charge in [0, 0.05) is 11.1 Å². The Balaban J connectivity index is 1.75. The Bertz CT molecular complexity index is 997. The highest BCUT2D eigenvalue weighted by molar-refractivity contribution is 6.32. The first kappa shape index (κ1) is 19.6. The molecule has 3 aromatic rings. The maximum absolute atomic E-state index is 13.0. The van der Waals surface area contributed by atoms with E-state index in [1.807, 2.05) is 30.3 Å². The number of para-hydroxylation sites is 1. The highest BCUT2D eigenvalue weighted by atomic mass is 35.5. The highest BCUT2D eigenvalue weighted by Crippen LogP contribution is 2.27. The smallest absolute Gasteiger partial charge is 0.185 e. The van der Waals surface area contributed by atoms with Crippen molar-refractivity contribution in [2.45, 2.75) is 6.61 Å². The first-order valence-electron chi connectivity index (χ1n) is 8.59. The largest absolute Gasteiger partial charge is 0.496 e. The Hall–Kier alpha value is -3.11. The van der Waals surface area contributed by atoms with Crippen LogP contribution in [-0.4, -0.2) is 12.9 Å². The molecule has 0 saturated heterocycles. The molecule has 0 aliphatic carbocycles. The summed E-state index contributed by atoms with van der Waals surface area (Å²) in [4.78, 5) is 12.2. The first-order chi connectivity index (χ1) is 13.6. The minimum Gasteiger partial charge on any atom is -0.496 e. The Labute approximate surface area is 168 Å². The van der Waals surface area contributed by atoms with Crippen LogP contribution >= 0.6 is 11.6 Å². The predicted molar refractivity (Wildman–Crippen MR) is 109 cm³/mol. The second kappa shape index (κ2) is 9.20. The number of benzene rings is 3. The third-order valence-corrected chi connectivity index (χ3v) is 4.39. The summed E-state index contributed by atoms with van der Waals surface area (Å²) >= 11 is 6.12. The zero-order valence-corrected chi connectivity index (χ0v) is 15.9. The van der Waals surface area contributed by atoms with Crippen molar-refractivity contribution in [3.05, 3.63) is 100 Å². The number of halogens is 2. The monoisotopic (exact) mass is 396 g/mol. The Kier molecular flexibility index (Phi) is 6.45. The van der Waals surface area contributed by atoms with Crippen molar-refractivity contribution in [1.29, 1.82) is 0 Å². The Morgan fingerprint density at radius 3 is 2.50 bits per heavy atom. The van der Waals surface area contributed by atoms with Gasteiger partial charge < -0.3 is 9.47 Å². The van der Waals surface area contributed by atoms with Gasteiger partial charge in [0.15, 0.2) is 5.78 Å². The minimum absolute atomic E-state index is 0.204. The lowest BCUT2D eigenvalue weighted by atomic mass is 10.1. The lowest BCUT2D eigenvalue weighted by Crippen LogP contribution is -2.00. The van der Waals surface area contributed by atoms with Crippen LogP contribution < -0.4 is 9.47 Å². The van der Waals surface area contributed by atoms with Gasteiger partial charge in [-0.1, -0.05) is 35.9 Å². The highest BCUT2D eigenvalue weighted by Gasteiger charge is 2.07. The second-order valence-corrected chi connectivity index (χ2v) is 6.40. The topological polar surface area (TPSA) is 35.5 Å². The minimum atomic E-state index is -0.376. The van der Waals surface area contributed by atoms with Crippen LogP contribution in [0.1, 0.15) is 21.5 Å². The molecule has 3 aromatic carbocycles. The number of carbonyl (C=O) groups is 1. The second-order valence-electron chi connectivity index (χ2n) is 5.99. The molecule has 0 aliphatic rings. The summed E-state index contributed by atoms with van der Waals surface area (Å²) in [5.41, 5.74) is 2.06. The number of rotatable bonds is 7. The third-order valence-electron chi connectivity index (χ3n) is 4.08. The van der Waals surface area contributed by atoms with Crippen LogP contribution in [0.3, 0.4) is 0 Å². The van der Waals surface area contributed by atoms with Crippen molar-refractivity contribution in [2.75, 3.05) is 7.11 Å². The molecule has 0 bridgehead atoms. The number of allylic oxidation sites excluding steroid dienone is 1. The van der Waals surface area contributed by atoms with E-state index in [1.165, 1.54) is 30.3 Å². The summed E-state index contributed by atoms with van der Waals surface area (Å²) in [6.07, 6.45) is 3.15. The van der Waals surface area contributed by atoms with Gasteiger partial charge in [-0.25, -0.2) is 4.39 Å². The van der Waals surface area contributed by atoms with E-state index in [4.69, 9.17) is 21.1 Å². The van der Waals surface area contributed by atoms with Gasteiger partial charge in [0.2, 0.25) is 0 Å². The van der Waals surface area contributed by atoms with Gasteiger partial charge in [-0.15, -0.1) is 0 Å². The summed E-state index contributed by atoms with van der Waals surface area (Å²) in [6.45, 7) is 0.264. The number of carbonyl (C=O) groups excluding carboxylic acids is 1. The molecule has 0 amide bonds. The Morgan fingerprint density at radius 2 is 1.79 bits per heavy atom. The van der Waals surface area contributed by atoms with Crippen LogP contribution in [0.2, 0.25) is 5.02 Å². The Morgan fingerprint density at radius 1 is 1.04 bits per heavy atom. The van der Waals surface area contributed by atoms with E-state index in [9.17, 15) is 9.18 Å². The van der Waals surface area contributed by atoms with Crippen molar-refractivity contribution in [2.24, 2.45) is 0 Å². The number of hydrogen-bond acceptors (Lipinski definition) is 3. The number of ether oxygens (including phenoxy) is 2. The van der Waals surface area contributed by atoms with Crippen LogP contribution in [0.25, 0.3) is 6.08 Å². The molecule has 0 saturated carbocycles. The lowest BCUT2D eigenvalue weighted by Gasteiger charge is -2.12. The molecule has 0 heterocycles. The molecule has 0 unspecified atom stereocenters. The molecule has 3 nitrogen and oxygen atoms in total. The molecule has 0 atom stereocenters. The molecule has 0 fully saturated rings. The van der Waals surface area contributed by atoms with Gasteiger partial charge in [0.25, 0.3) is 0 Å². The fourth-order valence-electron chi connectivity index (χ4n) is 2.61. The van der Waals surface area contributed by atoms with E-state index < -0.39 is 0 Å². The molecule has 3 rings (SSSR count). The van der Waals surface area contributed by atoms with Crippen molar-refractivity contribution in [3.8, 4) is 11.5 Å². The zero-order valence-electron chi connectivity index (χ0n) is 15.2. The van der Waals surface area contributed by atoms with E-state index in [2.05, 4.69) is 0 Å². The van der Waals surface area contributed by atoms with E-state index in [1.54, 1.807) is 25.3 Å². The van der Waals surface area contributed by atoms with Crippen molar-refractivity contribution < 1.29 is 18.7 Å². The normalized spacial score (nSPS) is 10.8. The van der Waals surface area contributed by atoms with Crippen LogP contribution in [0.5, 0.6) is 11.5 Å².